The van der Waals surface area contributed by atoms with Crippen LogP contribution in [-0.4, -0.2) is 97.9 Å². The molecular weight excluding hydrogens is 746 g/mol. The summed E-state index contributed by atoms with van der Waals surface area (Å²) in [6.45, 7) is 8.45. The zero-order valence-electron chi connectivity index (χ0n) is 29.6. The van der Waals surface area contributed by atoms with Gasteiger partial charge in [-0.15, -0.1) is 0 Å². The Morgan fingerprint density at radius 2 is 1.73 bits per heavy atom. The first-order chi connectivity index (χ1) is 23.7. The number of aliphatic hydroxyl groups excluding tert-OH is 1. The summed E-state index contributed by atoms with van der Waals surface area (Å²) < 4.78 is 18.8. The zero-order valence-corrected chi connectivity index (χ0v) is 32.9. The Hall–Kier alpha value is -2.42. The third-order valence-corrected chi connectivity index (χ3v) is 10.5. The molecule has 0 radical (unpaired) electrons. The summed E-state index contributed by atoms with van der Waals surface area (Å²) in [6, 6.07) is 1.50. The molecule has 0 saturated heterocycles. The number of nitrogens with two attached hydrogens (primary N) is 1. The van der Waals surface area contributed by atoms with Gasteiger partial charge in [-0.3, -0.25) is 18.7 Å². The van der Waals surface area contributed by atoms with Crippen molar-refractivity contribution in [3.63, 3.8) is 0 Å². The van der Waals surface area contributed by atoms with Crippen molar-refractivity contribution >= 4 is 60.7 Å². The number of hydrogen-bond acceptors (Lipinski definition) is 8. The normalized spacial score (nSPS) is 16.0. The summed E-state index contributed by atoms with van der Waals surface area (Å²) in [5.41, 5.74) is 5.34. The molecule has 0 bridgehead atoms. The molecule has 1 fully saturated rings. The van der Waals surface area contributed by atoms with Crippen LogP contribution in [0, 0.1) is 11.8 Å². The van der Waals surface area contributed by atoms with E-state index >= 15 is 0 Å². The molecule has 1 aromatic carbocycles. The third kappa shape index (κ3) is 16.0. The molecule has 290 valence electrons. The minimum Gasteiger partial charge on any atom is -0.489 e. The minimum atomic E-state index is -2.75. The van der Waals surface area contributed by atoms with Crippen molar-refractivity contribution in [1.29, 1.82) is 0 Å². The second-order valence-electron chi connectivity index (χ2n) is 12.8. The molecule has 0 aliphatic heterocycles. The molecule has 3 rings (SSSR count). The maximum atomic E-state index is 12.3. The van der Waals surface area contributed by atoms with Crippen molar-refractivity contribution in [3.8, 4) is 5.75 Å². The number of carbonyl (C=O) groups is 3. The third-order valence-electron chi connectivity index (χ3n) is 8.41. The number of ether oxygens (including phenoxy) is 1. The van der Waals surface area contributed by atoms with Gasteiger partial charge >= 0.3 is 6.03 Å². The number of carbonyl (C=O) groups excluding carboxylic acids is 3. The van der Waals surface area contributed by atoms with Crippen molar-refractivity contribution in [2.24, 2.45) is 17.6 Å². The lowest BCUT2D eigenvalue weighted by atomic mass is 9.85. The van der Waals surface area contributed by atoms with Crippen LogP contribution in [0.25, 0.3) is 0 Å². The predicted molar refractivity (Wildman–Crippen MR) is 201 cm³/mol. The lowest BCUT2D eigenvalue weighted by molar-refractivity contribution is -0.129. The van der Waals surface area contributed by atoms with Crippen molar-refractivity contribution in [2.45, 2.75) is 96.5 Å². The van der Waals surface area contributed by atoms with Crippen molar-refractivity contribution in [1.82, 2.24) is 25.1 Å². The van der Waals surface area contributed by atoms with Gasteiger partial charge in [0.1, 0.15) is 19.0 Å². The van der Waals surface area contributed by atoms with E-state index in [1.54, 1.807) is 36.4 Å². The van der Waals surface area contributed by atoms with E-state index in [0.717, 1.165) is 38.5 Å². The topological polar surface area (TPSA) is 221 Å². The molecule has 2 aromatic rings. The van der Waals surface area contributed by atoms with Gasteiger partial charge in [-0.25, -0.2) is 9.78 Å². The maximum Gasteiger partial charge on any atom is 0.329 e. The van der Waals surface area contributed by atoms with Crippen LogP contribution in [0.4, 0.5) is 4.79 Å². The molecule has 0 spiro atoms. The summed E-state index contributed by atoms with van der Waals surface area (Å²) in [4.78, 5) is 51.6. The SMILES string of the molecule is CC(C)[C@H](N)C(=O)N[C@@H](C)C(=O)NC[C@H](O)CC(C1CCCCC1)[PH](=O)O.CCCN(CCOc1c(Cl)cc(Cl)cc1Cl)C(=O)n1ccnc1.O. The molecule has 5 atom stereocenters. The first-order valence-corrected chi connectivity index (χ1v) is 19.5. The summed E-state index contributed by atoms with van der Waals surface area (Å²) >= 11 is 18.0. The van der Waals surface area contributed by atoms with E-state index in [1.807, 2.05) is 20.8 Å². The number of nitrogens with zero attached hydrogens (tertiary/aromatic N) is 3. The highest BCUT2D eigenvalue weighted by Gasteiger charge is 2.30. The average Bonchev–Trinajstić information content (AvgIpc) is 3.62. The number of halogens is 3. The highest BCUT2D eigenvalue weighted by molar-refractivity contribution is 7.38. The molecule has 51 heavy (non-hydrogen) atoms. The standard InChI is InChI=1S/C18H36N3O5P.C15H16Cl3N3O2.H2O/c1-11(2)16(19)18(24)21-12(3)17(23)20-10-14(22)9-15(27(25)26)13-7-5-4-6-8-13;1-2-4-20(15(22)21-5-3-19-10-21)6-7-23-14-12(17)8-11(16)9-13(14)18;/h11-16,22,27H,4-10,19H2,1-3H3,(H,20,23)(H,21,24)(H,25,26);3,5,8-10H,2,4,6-7H2,1H3;1H2/t12-,14+,15?,16-;;/m0../s1. The number of imidazole rings is 1. The molecule has 14 nitrogen and oxygen atoms in total. The van der Waals surface area contributed by atoms with Gasteiger partial charge in [0, 0.05) is 36.2 Å². The monoisotopic (exact) mass is 798 g/mol. The first-order valence-electron chi connectivity index (χ1n) is 16.9. The number of hydrogen-bond donors (Lipinski definition) is 5. The predicted octanol–water partition coefficient (Wildman–Crippen LogP) is 4.54. The van der Waals surface area contributed by atoms with E-state index in [9.17, 15) is 28.9 Å². The van der Waals surface area contributed by atoms with Crippen molar-refractivity contribution in [2.75, 3.05) is 26.2 Å². The van der Waals surface area contributed by atoms with Crippen LogP contribution in [0.3, 0.4) is 0 Å². The minimum absolute atomic E-state index is 0. The Morgan fingerprint density at radius 3 is 2.25 bits per heavy atom. The van der Waals surface area contributed by atoms with Crippen LogP contribution >= 0.6 is 42.8 Å². The summed E-state index contributed by atoms with van der Waals surface area (Å²) in [7, 11) is -2.75. The fourth-order valence-corrected chi connectivity index (χ4v) is 7.63. The Labute approximate surface area is 315 Å². The van der Waals surface area contributed by atoms with Gasteiger partial charge in [-0.05, 0) is 56.6 Å². The maximum absolute atomic E-state index is 12.3. The number of rotatable bonds is 16. The Bertz CT molecular complexity index is 1360. The fraction of sp³-hybridized carbons (Fsp3) is 0.636. The second kappa shape index (κ2) is 24.0. The molecule has 1 aliphatic carbocycles. The highest BCUT2D eigenvalue weighted by Crippen LogP contribution is 2.40. The van der Waals surface area contributed by atoms with Gasteiger partial charge in [-0.2, -0.15) is 0 Å². The van der Waals surface area contributed by atoms with Crippen LogP contribution in [-0.2, 0) is 14.2 Å². The summed E-state index contributed by atoms with van der Waals surface area (Å²) in [5.74, 6) is -0.338. The van der Waals surface area contributed by atoms with Crippen LogP contribution in [0.5, 0.6) is 5.75 Å². The zero-order chi connectivity index (χ0) is 37.4. The van der Waals surface area contributed by atoms with Gasteiger partial charge in [0.25, 0.3) is 0 Å². The van der Waals surface area contributed by atoms with Gasteiger partial charge < -0.3 is 41.5 Å². The van der Waals surface area contributed by atoms with E-state index < -0.39 is 43.7 Å². The highest BCUT2D eigenvalue weighted by atomic mass is 35.5. The van der Waals surface area contributed by atoms with E-state index in [1.165, 1.54) is 10.9 Å². The Balaban J connectivity index is 0.000000505. The largest absolute Gasteiger partial charge is 0.489 e. The molecule has 1 aromatic heterocycles. The van der Waals surface area contributed by atoms with Gasteiger partial charge in [0.2, 0.25) is 11.8 Å². The molecule has 18 heteroatoms. The molecule has 8 N–H and O–H groups in total. The number of nitrogens with one attached hydrogen (secondary N) is 2. The molecule has 2 unspecified atom stereocenters. The molecule has 3 amide bonds. The van der Waals surface area contributed by atoms with Gasteiger partial charge in [0.05, 0.1) is 28.7 Å². The number of aromatic nitrogens is 2. The molecular formula is C33H54Cl3N6O8P. The molecule has 1 heterocycles. The van der Waals surface area contributed by atoms with E-state index in [4.69, 9.17) is 45.3 Å². The van der Waals surface area contributed by atoms with Crippen LogP contribution in [0.1, 0.15) is 72.6 Å². The lowest BCUT2D eigenvalue weighted by Crippen LogP contribution is -2.52. The van der Waals surface area contributed by atoms with E-state index in [0.29, 0.717) is 33.9 Å². The van der Waals surface area contributed by atoms with Crippen molar-refractivity contribution in [3.05, 3.63) is 45.9 Å². The fourth-order valence-electron chi connectivity index (χ4n) is 5.49. The smallest absolute Gasteiger partial charge is 0.329 e. The van der Waals surface area contributed by atoms with Crippen LogP contribution in [0.15, 0.2) is 30.9 Å². The number of amides is 3. The number of benzene rings is 1. The molecule has 1 saturated carbocycles. The Kier molecular flexibility index (Phi) is 21.9. The van der Waals surface area contributed by atoms with Gasteiger partial charge in [0.15, 0.2) is 13.8 Å². The van der Waals surface area contributed by atoms with Crippen molar-refractivity contribution < 1.29 is 39.2 Å². The van der Waals surface area contributed by atoms with Crippen LogP contribution in [0.2, 0.25) is 15.1 Å². The van der Waals surface area contributed by atoms with E-state index in [2.05, 4.69) is 15.6 Å². The quantitative estimate of drug-likeness (QED) is 0.150. The summed E-state index contributed by atoms with van der Waals surface area (Å²) in [6.07, 6.45) is 9.86. The van der Waals surface area contributed by atoms with E-state index in [-0.39, 0.29) is 42.9 Å². The second-order valence-corrected chi connectivity index (χ2v) is 15.4. The Morgan fingerprint density at radius 1 is 1.10 bits per heavy atom. The number of aliphatic hydroxyl groups is 1. The lowest BCUT2D eigenvalue weighted by Gasteiger charge is -2.30. The first kappa shape index (κ1) is 46.6. The average molecular weight is 800 g/mol. The summed E-state index contributed by atoms with van der Waals surface area (Å²) in [5, 5.41) is 16.5. The molecule has 1 aliphatic rings. The van der Waals surface area contributed by atoms with Gasteiger partial charge in [-0.1, -0.05) is 74.8 Å². The van der Waals surface area contributed by atoms with Crippen LogP contribution < -0.4 is 21.1 Å².